The number of carbonyl (C=O) groups excluding carboxylic acids is 1. The minimum Gasteiger partial charge on any atom is -0.469 e. The summed E-state index contributed by atoms with van der Waals surface area (Å²) in [4.78, 5) is 14.2. The molecule has 1 aromatic heterocycles. The van der Waals surface area contributed by atoms with E-state index >= 15 is 0 Å². The summed E-state index contributed by atoms with van der Waals surface area (Å²) in [6.45, 7) is 3.73. The lowest BCUT2D eigenvalue weighted by molar-refractivity contribution is -0.123. The van der Waals surface area contributed by atoms with Crippen LogP contribution in [0.15, 0.2) is 16.7 Å². The summed E-state index contributed by atoms with van der Waals surface area (Å²) >= 11 is 0. The fraction of sp³-hybridized carbons (Fsp3) is 0.667. The predicted octanol–water partition coefficient (Wildman–Crippen LogP) is 3.17. The van der Waals surface area contributed by atoms with Crippen molar-refractivity contribution >= 4 is 5.78 Å². The van der Waals surface area contributed by atoms with Crippen molar-refractivity contribution in [2.75, 3.05) is 13.6 Å². The highest BCUT2D eigenvalue weighted by molar-refractivity contribution is 5.81. The molecule has 18 heavy (non-hydrogen) atoms. The van der Waals surface area contributed by atoms with Crippen LogP contribution in [0.4, 0.5) is 0 Å². The second-order valence-corrected chi connectivity index (χ2v) is 5.46. The van der Waals surface area contributed by atoms with Crippen molar-refractivity contribution in [3.8, 4) is 0 Å². The summed E-state index contributed by atoms with van der Waals surface area (Å²) in [5.74, 6) is 1.68. The van der Waals surface area contributed by atoms with Gasteiger partial charge in [0, 0.05) is 31.0 Å². The van der Waals surface area contributed by atoms with Crippen LogP contribution in [0.2, 0.25) is 0 Å². The molecule has 0 aliphatic heterocycles. The third kappa shape index (κ3) is 3.45. The largest absolute Gasteiger partial charge is 0.469 e. The molecule has 0 aromatic carbocycles. The quantitative estimate of drug-likeness (QED) is 0.768. The molecule has 3 nitrogen and oxygen atoms in total. The highest BCUT2D eigenvalue weighted by Gasteiger charge is 2.22. The summed E-state index contributed by atoms with van der Waals surface area (Å²) in [6, 6.07) is 2.01. The van der Waals surface area contributed by atoms with E-state index in [-0.39, 0.29) is 5.92 Å². The van der Waals surface area contributed by atoms with Crippen LogP contribution < -0.4 is 0 Å². The molecule has 2 rings (SSSR count). The lowest BCUT2D eigenvalue weighted by Gasteiger charge is -2.21. The zero-order valence-electron chi connectivity index (χ0n) is 11.4. The molecule has 3 heteroatoms. The first-order valence-electron chi connectivity index (χ1n) is 6.91. The molecular formula is C15H23NO2. The first kappa shape index (κ1) is 13.3. The monoisotopic (exact) mass is 249 g/mol. The standard InChI is InChI=1S/C15H23NO2/c1-12-13(8-9-18-12)10-16(2)11-14-6-4-3-5-7-15(14)17/h8-9,14H,3-7,10-11H2,1-2H3. The van der Waals surface area contributed by atoms with Crippen molar-refractivity contribution < 1.29 is 9.21 Å². The van der Waals surface area contributed by atoms with E-state index in [1.54, 1.807) is 6.26 Å². The summed E-state index contributed by atoms with van der Waals surface area (Å²) < 4.78 is 5.30. The van der Waals surface area contributed by atoms with Crippen molar-refractivity contribution in [1.82, 2.24) is 4.90 Å². The molecule has 1 heterocycles. The number of nitrogens with zero attached hydrogens (tertiary/aromatic N) is 1. The average Bonchev–Trinajstić information content (AvgIpc) is 2.61. The molecular weight excluding hydrogens is 226 g/mol. The van der Waals surface area contributed by atoms with E-state index in [4.69, 9.17) is 4.42 Å². The van der Waals surface area contributed by atoms with Crippen molar-refractivity contribution in [2.45, 2.75) is 45.6 Å². The molecule has 0 saturated heterocycles. The number of carbonyl (C=O) groups is 1. The molecule has 0 radical (unpaired) electrons. The van der Waals surface area contributed by atoms with Crippen molar-refractivity contribution in [3.05, 3.63) is 23.7 Å². The smallest absolute Gasteiger partial charge is 0.137 e. The van der Waals surface area contributed by atoms with Gasteiger partial charge in [-0.05, 0) is 32.9 Å². The van der Waals surface area contributed by atoms with Gasteiger partial charge in [-0.3, -0.25) is 4.79 Å². The molecule has 1 atom stereocenters. The maximum absolute atomic E-state index is 12.0. The van der Waals surface area contributed by atoms with Crippen LogP contribution in [0.5, 0.6) is 0 Å². The lowest BCUT2D eigenvalue weighted by Crippen LogP contribution is -2.29. The van der Waals surface area contributed by atoms with Gasteiger partial charge in [0.15, 0.2) is 0 Å². The molecule has 0 amide bonds. The van der Waals surface area contributed by atoms with Gasteiger partial charge in [0.1, 0.15) is 11.5 Å². The number of aryl methyl sites for hydroxylation is 1. The van der Waals surface area contributed by atoms with Crippen LogP contribution in [0, 0.1) is 12.8 Å². The zero-order valence-corrected chi connectivity index (χ0v) is 11.4. The van der Waals surface area contributed by atoms with E-state index in [2.05, 4.69) is 11.9 Å². The minimum atomic E-state index is 0.240. The Kier molecular flexibility index (Phi) is 4.59. The van der Waals surface area contributed by atoms with Crippen LogP contribution in [0.3, 0.4) is 0 Å². The van der Waals surface area contributed by atoms with E-state index in [1.807, 2.05) is 13.0 Å². The molecule has 0 spiro atoms. The number of rotatable bonds is 4. The number of ketones is 1. The third-order valence-corrected chi connectivity index (χ3v) is 3.87. The van der Waals surface area contributed by atoms with E-state index in [9.17, 15) is 4.79 Å². The topological polar surface area (TPSA) is 33.5 Å². The van der Waals surface area contributed by atoms with Gasteiger partial charge in [-0.1, -0.05) is 12.8 Å². The molecule has 1 aromatic rings. The Bertz CT molecular complexity index is 397. The van der Waals surface area contributed by atoms with Crippen molar-refractivity contribution in [1.29, 1.82) is 0 Å². The normalized spacial score (nSPS) is 21.3. The van der Waals surface area contributed by atoms with Gasteiger partial charge in [0.25, 0.3) is 0 Å². The number of hydrogen-bond acceptors (Lipinski definition) is 3. The van der Waals surface area contributed by atoms with Crippen molar-refractivity contribution in [3.63, 3.8) is 0 Å². The van der Waals surface area contributed by atoms with Gasteiger partial charge in [0.05, 0.1) is 6.26 Å². The van der Waals surface area contributed by atoms with Gasteiger partial charge in [-0.2, -0.15) is 0 Å². The Morgan fingerprint density at radius 3 is 2.94 bits per heavy atom. The molecule has 0 N–H and O–H groups in total. The highest BCUT2D eigenvalue weighted by Crippen LogP contribution is 2.21. The second kappa shape index (κ2) is 6.19. The summed E-state index contributed by atoms with van der Waals surface area (Å²) in [5, 5.41) is 0. The number of Topliss-reactive ketones (excluding diaryl/α,β-unsaturated/α-hetero) is 1. The Labute approximate surface area is 109 Å². The molecule has 0 bridgehead atoms. The lowest BCUT2D eigenvalue weighted by atomic mass is 9.98. The fourth-order valence-electron chi connectivity index (χ4n) is 2.73. The van der Waals surface area contributed by atoms with Crippen LogP contribution in [0.1, 0.15) is 43.4 Å². The fourth-order valence-corrected chi connectivity index (χ4v) is 2.73. The molecule has 1 saturated carbocycles. The van der Waals surface area contributed by atoms with Gasteiger partial charge < -0.3 is 9.32 Å². The van der Waals surface area contributed by atoms with Crippen LogP contribution in [-0.4, -0.2) is 24.3 Å². The number of furan rings is 1. The summed E-state index contributed by atoms with van der Waals surface area (Å²) in [7, 11) is 2.09. The molecule has 1 fully saturated rings. The van der Waals surface area contributed by atoms with Gasteiger partial charge in [-0.15, -0.1) is 0 Å². The van der Waals surface area contributed by atoms with Gasteiger partial charge in [0.2, 0.25) is 0 Å². The predicted molar refractivity (Wildman–Crippen MR) is 71.4 cm³/mol. The van der Waals surface area contributed by atoms with Crippen LogP contribution in [0.25, 0.3) is 0 Å². The highest BCUT2D eigenvalue weighted by atomic mass is 16.3. The second-order valence-electron chi connectivity index (χ2n) is 5.46. The van der Waals surface area contributed by atoms with Crippen LogP contribution in [-0.2, 0) is 11.3 Å². The Morgan fingerprint density at radius 2 is 2.22 bits per heavy atom. The first-order chi connectivity index (χ1) is 8.66. The van der Waals surface area contributed by atoms with E-state index in [1.165, 1.54) is 18.4 Å². The van der Waals surface area contributed by atoms with Gasteiger partial charge >= 0.3 is 0 Å². The Hall–Kier alpha value is -1.09. The molecule has 100 valence electrons. The Morgan fingerprint density at radius 1 is 1.39 bits per heavy atom. The van der Waals surface area contributed by atoms with Gasteiger partial charge in [-0.25, -0.2) is 0 Å². The SMILES string of the molecule is Cc1occc1CN(C)CC1CCCCCC1=O. The maximum atomic E-state index is 12.0. The summed E-state index contributed by atoms with van der Waals surface area (Å²) in [6.07, 6.45) is 7.08. The van der Waals surface area contributed by atoms with Crippen molar-refractivity contribution in [2.24, 2.45) is 5.92 Å². The molecule has 1 aliphatic rings. The van der Waals surface area contributed by atoms with E-state index < -0.39 is 0 Å². The number of hydrogen-bond donors (Lipinski definition) is 0. The average molecular weight is 249 g/mol. The molecule has 1 aliphatic carbocycles. The minimum absolute atomic E-state index is 0.240. The van der Waals surface area contributed by atoms with E-state index in [0.717, 1.165) is 38.1 Å². The first-order valence-corrected chi connectivity index (χ1v) is 6.91. The van der Waals surface area contributed by atoms with Crippen LogP contribution >= 0.6 is 0 Å². The summed E-state index contributed by atoms with van der Waals surface area (Å²) in [5.41, 5.74) is 1.22. The zero-order chi connectivity index (χ0) is 13.0. The Balaban J connectivity index is 1.88. The third-order valence-electron chi connectivity index (χ3n) is 3.87. The van der Waals surface area contributed by atoms with E-state index in [0.29, 0.717) is 5.78 Å². The maximum Gasteiger partial charge on any atom is 0.137 e. The molecule has 1 unspecified atom stereocenters.